The summed E-state index contributed by atoms with van der Waals surface area (Å²) >= 11 is 3.69. The van der Waals surface area contributed by atoms with Gasteiger partial charge in [0, 0.05) is 17.1 Å². The normalized spacial score (nSPS) is 28.5. The van der Waals surface area contributed by atoms with Crippen LogP contribution >= 0.6 is 15.9 Å². The first-order chi connectivity index (χ1) is 20.4. The van der Waals surface area contributed by atoms with Crippen molar-refractivity contribution in [1.82, 2.24) is 4.90 Å². The van der Waals surface area contributed by atoms with Crippen molar-refractivity contribution in [2.45, 2.75) is 42.0 Å². The molecule has 2 bridgehead atoms. The Hall–Kier alpha value is -3.53. The fourth-order valence-electron chi connectivity index (χ4n) is 7.16. The van der Waals surface area contributed by atoms with Crippen LogP contribution in [0.15, 0.2) is 85.5 Å². The van der Waals surface area contributed by atoms with Gasteiger partial charge in [-0.15, -0.1) is 6.58 Å². The first-order valence-corrected chi connectivity index (χ1v) is 15.2. The second kappa shape index (κ2) is 11.3. The van der Waals surface area contributed by atoms with E-state index in [9.17, 15) is 19.5 Å². The van der Waals surface area contributed by atoms with Gasteiger partial charge in [-0.2, -0.15) is 0 Å². The summed E-state index contributed by atoms with van der Waals surface area (Å²) in [6.45, 7) is 5.55. The molecule has 42 heavy (non-hydrogen) atoms. The van der Waals surface area contributed by atoms with Gasteiger partial charge in [-0.05, 0) is 41.8 Å². The third-order valence-corrected chi connectivity index (χ3v) is 9.68. The predicted octanol–water partition coefficient (Wildman–Crippen LogP) is 4.40. The molecule has 0 aliphatic carbocycles. The Morgan fingerprint density at radius 3 is 2.57 bits per heavy atom. The number of hydrogen-bond acceptors (Lipinski definition) is 6. The molecule has 0 aromatic heterocycles. The summed E-state index contributed by atoms with van der Waals surface area (Å²) in [4.78, 5) is 45.5. The Kier molecular flexibility index (Phi) is 7.68. The van der Waals surface area contributed by atoms with Gasteiger partial charge < -0.3 is 24.4 Å². The van der Waals surface area contributed by atoms with E-state index >= 15 is 0 Å². The minimum absolute atomic E-state index is 0.160. The van der Waals surface area contributed by atoms with Gasteiger partial charge in [-0.1, -0.05) is 82.7 Å². The fraction of sp³-hybridized carbons (Fsp3) is 0.364. The van der Waals surface area contributed by atoms with Crippen LogP contribution in [0, 0.1) is 11.8 Å². The zero-order valence-corrected chi connectivity index (χ0v) is 24.9. The molecule has 8 nitrogen and oxygen atoms in total. The van der Waals surface area contributed by atoms with Crippen LogP contribution in [0.4, 0.5) is 5.69 Å². The van der Waals surface area contributed by atoms with E-state index in [0.29, 0.717) is 17.7 Å². The molecule has 3 heterocycles. The number of amides is 2. The molecule has 0 radical (unpaired) electrons. The van der Waals surface area contributed by atoms with E-state index in [1.807, 2.05) is 72.8 Å². The second-order valence-electron chi connectivity index (χ2n) is 11.0. The van der Waals surface area contributed by atoms with Crippen molar-refractivity contribution in [2.75, 3.05) is 24.7 Å². The minimum Gasteiger partial charge on any atom is -0.466 e. The first kappa shape index (κ1) is 28.6. The molecule has 1 N–H and O–H groups in total. The SMILES string of the molecule is C=CCN(C(=O)C1N([C@H](CO)c2ccccc2)C(=O)[C@@H]2[C@H](C(=O)OCC)[C@H]3OC12CC3Br)c1ccc2ccccc2c1. The molecule has 2 amide bonds. The summed E-state index contributed by atoms with van der Waals surface area (Å²) in [5.41, 5.74) is 0.0419. The maximum absolute atomic E-state index is 14.9. The molecule has 1 spiro atoms. The number of esters is 1. The summed E-state index contributed by atoms with van der Waals surface area (Å²) in [7, 11) is 0. The van der Waals surface area contributed by atoms with Gasteiger partial charge in [0.25, 0.3) is 5.91 Å². The zero-order chi connectivity index (χ0) is 29.6. The smallest absolute Gasteiger partial charge is 0.312 e. The summed E-state index contributed by atoms with van der Waals surface area (Å²) in [5, 5.41) is 12.7. The molecule has 3 unspecified atom stereocenters. The van der Waals surface area contributed by atoms with Crippen LogP contribution in [0.3, 0.4) is 0 Å². The van der Waals surface area contributed by atoms with Crippen LogP contribution in [0.1, 0.15) is 24.9 Å². The van der Waals surface area contributed by atoms with Gasteiger partial charge >= 0.3 is 5.97 Å². The number of aliphatic hydroxyl groups excluding tert-OH is 1. The van der Waals surface area contributed by atoms with Crippen molar-refractivity contribution in [3.63, 3.8) is 0 Å². The van der Waals surface area contributed by atoms with Crippen LogP contribution in [-0.2, 0) is 23.9 Å². The van der Waals surface area contributed by atoms with Crippen molar-refractivity contribution >= 4 is 50.2 Å². The molecule has 3 saturated heterocycles. The number of likely N-dealkylation sites (tertiary alicyclic amines) is 1. The van der Waals surface area contributed by atoms with E-state index in [1.54, 1.807) is 17.9 Å². The molecule has 3 fully saturated rings. The Morgan fingerprint density at radius 1 is 1.17 bits per heavy atom. The van der Waals surface area contributed by atoms with Crippen LogP contribution in [0.25, 0.3) is 10.8 Å². The van der Waals surface area contributed by atoms with Crippen LogP contribution in [0.2, 0.25) is 0 Å². The molecule has 7 atom stereocenters. The molecule has 0 saturated carbocycles. The molecule has 3 aliphatic heterocycles. The standard InChI is InChI=1S/C33H33BrN2O6/c1-3-16-35(23-15-14-20-10-8-9-13-22(20)17-23)31(39)29-33-18-24(34)28(42-33)26(32(40)41-4-2)27(33)30(38)36(29)25(19-37)21-11-6-5-7-12-21/h3,5-15,17,24-29,37H,1,4,16,18-19H2,2H3/t24?,25-,26+,27+,28+,29?,33?/m1/s1. The third-order valence-electron chi connectivity index (χ3n) is 8.84. The maximum atomic E-state index is 14.9. The lowest BCUT2D eigenvalue weighted by atomic mass is 9.70. The van der Waals surface area contributed by atoms with Crippen LogP contribution in [-0.4, -0.2) is 70.1 Å². The van der Waals surface area contributed by atoms with E-state index < -0.39 is 54.1 Å². The van der Waals surface area contributed by atoms with Crippen molar-refractivity contribution in [2.24, 2.45) is 11.8 Å². The summed E-state index contributed by atoms with van der Waals surface area (Å²) in [5.74, 6) is -3.07. The highest BCUT2D eigenvalue weighted by atomic mass is 79.9. The monoisotopic (exact) mass is 632 g/mol. The molecule has 6 rings (SSSR count). The quantitative estimate of drug-likeness (QED) is 0.213. The minimum atomic E-state index is -1.29. The van der Waals surface area contributed by atoms with Crippen molar-refractivity contribution in [3.05, 3.63) is 91.0 Å². The molecular weight excluding hydrogens is 600 g/mol. The van der Waals surface area contributed by atoms with Gasteiger partial charge in [-0.25, -0.2) is 0 Å². The van der Waals surface area contributed by atoms with Crippen molar-refractivity contribution in [3.8, 4) is 0 Å². The lowest BCUT2D eigenvalue weighted by Crippen LogP contribution is -2.57. The van der Waals surface area contributed by atoms with E-state index in [0.717, 1.165) is 10.8 Å². The molecule has 3 aromatic rings. The van der Waals surface area contributed by atoms with E-state index in [-0.39, 0.29) is 23.9 Å². The van der Waals surface area contributed by atoms with Gasteiger partial charge in [0.15, 0.2) is 0 Å². The second-order valence-corrected chi connectivity index (χ2v) is 12.2. The molecule has 3 aromatic carbocycles. The predicted molar refractivity (Wildman–Crippen MR) is 162 cm³/mol. The van der Waals surface area contributed by atoms with E-state index in [4.69, 9.17) is 9.47 Å². The molecular formula is C33H33BrN2O6. The Balaban J connectivity index is 1.50. The number of fused-ring (bicyclic) bond motifs is 2. The molecule has 9 heteroatoms. The highest BCUT2D eigenvalue weighted by Crippen LogP contribution is 2.61. The highest BCUT2D eigenvalue weighted by molar-refractivity contribution is 9.09. The average Bonchev–Trinajstić information content (AvgIpc) is 3.60. The summed E-state index contributed by atoms with van der Waals surface area (Å²) < 4.78 is 12.0. The maximum Gasteiger partial charge on any atom is 0.312 e. The lowest BCUT2D eigenvalue weighted by Gasteiger charge is -2.39. The first-order valence-electron chi connectivity index (χ1n) is 14.2. The number of rotatable bonds is 9. The van der Waals surface area contributed by atoms with Crippen molar-refractivity contribution < 1.29 is 29.0 Å². The number of halogens is 1. The number of carbonyl (C=O) groups excluding carboxylic acids is 3. The van der Waals surface area contributed by atoms with Gasteiger partial charge in [0.1, 0.15) is 11.6 Å². The molecule has 218 valence electrons. The summed E-state index contributed by atoms with van der Waals surface area (Å²) in [6.07, 6.45) is 1.38. The number of nitrogens with zero attached hydrogens (tertiary/aromatic N) is 2. The Bertz CT molecular complexity index is 1530. The van der Waals surface area contributed by atoms with Crippen LogP contribution in [0.5, 0.6) is 0 Å². The fourth-order valence-corrected chi connectivity index (χ4v) is 8.11. The highest BCUT2D eigenvalue weighted by Gasteiger charge is 2.77. The average molecular weight is 634 g/mol. The number of anilines is 1. The zero-order valence-electron chi connectivity index (χ0n) is 23.3. The number of hydrogen-bond donors (Lipinski definition) is 1. The topological polar surface area (TPSA) is 96.4 Å². The summed E-state index contributed by atoms with van der Waals surface area (Å²) in [6, 6.07) is 20.9. The Morgan fingerprint density at radius 2 is 1.88 bits per heavy atom. The van der Waals surface area contributed by atoms with E-state index in [1.165, 1.54) is 4.90 Å². The van der Waals surface area contributed by atoms with Gasteiger partial charge in [-0.3, -0.25) is 14.4 Å². The van der Waals surface area contributed by atoms with Crippen molar-refractivity contribution in [1.29, 1.82) is 0 Å². The lowest BCUT2D eigenvalue weighted by molar-refractivity contribution is -0.155. The largest absolute Gasteiger partial charge is 0.466 e. The number of aliphatic hydroxyl groups is 1. The number of carbonyl (C=O) groups is 3. The van der Waals surface area contributed by atoms with Gasteiger partial charge in [0.05, 0.1) is 37.2 Å². The number of benzene rings is 3. The van der Waals surface area contributed by atoms with Gasteiger partial charge in [0.2, 0.25) is 5.91 Å². The third kappa shape index (κ3) is 4.37. The van der Waals surface area contributed by atoms with Crippen LogP contribution < -0.4 is 4.90 Å². The number of alkyl halides is 1. The van der Waals surface area contributed by atoms with E-state index in [2.05, 4.69) is 22.5 Å². The Labute approximate surface area is 253 Å². The molecule has 3 aliphatic rings. The number of ether oxygens (including phenoxy) is 2.